The number of pyridine rings is 1. The second-order valence-electron chi connectivity index (χ2n) is 3.56. The quantitative estimate of drug-likeness (QED) is 0.714. The highest BCUT2D eigenvalue weighted by Crippen LogP contribution is 2.23. The Kier molecular flexibility index (Phi) is 2.26. The summed E-state index contributed by atoms with van der Waals surface area (Å²) in [6.07, 6.45) is 1.67. The minimum Gasteiger partial charge on any atom is -0.265 e. The predicted octanol–water partition coefficient (Wildman–Crippen LogP) is 2.24. The first kappa shape index (κ1) is 9.83. The molecule has 78 valence electrons. The number of hydrogen-bond donors (Lipinski definition) is 0. The molecule has 0 amide bonds. The fourth-order valence-corrected chi connectivity index (χ4v) is 1.64. The Bertz CT molecular complexity index is 503. The molecule has 0 aliphatic carbocycles. The van der Waals surface area contributed by atoms with Crippen LogP contribution >= 0.6 is 0 Å². The van der Waals surface area contributed by atoms with Gasteiger partial charge in [-0.15, -0.1) is 0 Å². The molecule has 0 saturated carbocycles. The average molecular weight is 205 g/mol. The number of halogens is 1. The maximum absolute atomic E-state index is 13.7. The van der Waals surface area contributed by atoms with Crippen molar-refractivity contribution < 1.29 is 4.39 Å². The molecule has 0 aliphatic heterocycles. The first-order valence-corrected chi connectivity index (χ1v) is 4.71. The van der Waals surface area contributed by atoms with Gasteiger partial charge in [0.05, 0.1) is 5.69 Å². The lowest BCUT2D eigenvalue weighted by molar-refractivity contribution is 0.621. The molecule has 15 heavy (non-hydrogen) atoms. The Morgan fingerprint density at radius 2 is 2.07 bits per heavy atom. The molecule has 4 heteroatoms. The van der Waals surface area contributed by atoms with Gasteiger partial charge >= 0.3 is 0 Å². The fourth-order valence-electron chi connectivity index (χ4n) is 1.64. The van der Waals surface area contributed by atoms with Gasteiger partial charge in [-0.05, 0) is 26.0 Å². The first-order chi connectivity index (χ1) is 7.09. The Labute approximate surface area is 87.6 Å². The molecule has 2 aromatic heterocycles. The van der Waals surface area contributed by atoms with Crippen LogP contribution in [0.2, 0.25) is 0 Å². The summed E-state index contributed by atoms with van der Waals surface area (Å²) in [5.41, 5.74) is 2.61. The van der Waals surface area contributed by atoms with E-state index in [0.717, 1.165) is 11.3 Å². The molecule has 0 radical (unpaired) electrons. The summed E-state index contributed by atoms with van der Waals surface area (Å²) in [4.78, 5) is 4.08. The van der Waals surface area contributed by atoms with Crippen LogP contribution in [0.1, 0.15) is 11.4 Å². The zero-order valence-electron chi connectivity index (χ0n) is 8.95. The number of rotatable bonds is 1. The van der Waals surface area contributed by atoms with E-state index >= 15 is 0 Å². The van der Waals surface area contributed by atoms with Crippen molar-refractivity contribution in [3.05, 3.63) is 35.5 Å². The zero-order valence-corrected chi connectivity index (χ0v) is 8.95. The Morgan fingerprint density at radius 3 is 2.60 bits per heavy atom. The van der Waals surface area contributed by atoms with Gasteiger partial charge in [0.1, 0.15) is 5.69 Å². The fraction of sp³-hybridized carbons (Fsp3) is 0.273. The van der Waals surface area contributed by atoms with Crippen molar-refractivity contribution in [3.63, 3.8) is 0 Å². The van der Waals surface area contributed by atoms with Gasteiger partial charge in [0.2, 0.25) is 0 Å². The van der Waals surface area contributed by atoms with Gasteiger partial charge in [-0.2, -0.15) is 5.10 Å². The molecule has 0 aliphatic rings. The molecule has 0 fully saturated rings. The zero-order chi connectivity index (χ0) is 11.0. The van der Waals surface area contributed by atoms with Crippen LogP contribution in [-0.2, 0) is 7.05 Å². The van der Waals surface area contributed by atoms with Crippen molar-refractivity contribution in [2.75, 3.05) is 0 Å². The van der Waals surface area contributed by atoms with Crippen LogP contribution in [0.3, 0.4) is 0 Å². The molecule has 3 nitrogen and oxygen atoms in total. The van der Waals surface area contributed by atoms with Gasteiger partial charge in [0.25, 0.3) is 0 Å². The molecule has 0 saturated heterocycles. The first-order valence-electron chi connectivity index (χ1n) is 4.71. The van der Waals surface area contributed by atoms with Crippen molar-refractivity contribution in [3.8, 4) is 11.3 Å². The highest BCUT2D eigenvalue weighted by Gasteiger charge is 2.14. The largest absolute Gasteiger partial charge is 0.265 e. The summed E-state index contributed by atoms with van der Waals surface area (Å²) in [5.74, 6) is -0.261. The molecular formula is C11H12FN3. The molecule has 0 unspecified atom stereocenters. The maximum Gasteiger partial charge on any atom is 0.171 e. The Morgan fingerprint density at radius 1 is 1.33 bits per heavy atom. The van der Waals surface area contributed by atoms with Crippen LogP contribution in [0, 0.1) is 19.7 Å². The molecule has 0 aromatic carbocycles. The van der Waals surface area contributed by atoms with Gasteiger partial charge in [0, 0.05) is 24.5 Å². The van der Waals surface area contributed by atoms with Crippen molar-refractivity contribution in [1.82, 2.24) is 14.8 Å². The third-order valence-electron chi connectivity index (χ3n) is 2.32. The topological polar surface area (TPSA) is 30.7 Å². The summed E-state index contributed by atoms with van der Waals surface area (Å²) in [6, 6.07) is 3.63. The van der Waals surface area contributed by atoms with E-state index in [4.69, 9.17) is 0 Å². The third kappa shape index (κ3) is 1.63. The molecule has 2 heterocycles. The lowest BCUT2D eigenvalue weighted by Gasteiger charge is -2.02. The van der Waals surface area contributed by atoms with E-state index in [-0.39, 0.29) is 5.82 Å². The van der Waals surface area contributed by atoms with Crippen LogP contribution < -0.4 is 0 Å². The molecule has 0 N–H and O–H groups in total. The molecule has 2 rings (SSSR count). The van der Waals surface area contributed by atoms with Crippen LogP contribution in [0.15, 0.2) is 18.3 Å². The number of hydrogen-bond acceptors (Lipinski definition) is 2. The molecule has 0 bridgehead atoms. The van der Waals surface area contributed by atoms with E-state index in [9.17, 15) is 4.39 Å². The third-order valence-corrected chi connectivity index (χ3v) is 2.32. The van der Waals surface area contributed by atoms with E-state index in [1.54, 1.807) is 30.9 Å². The van der Waals surface area contributed by atoms with Gasteiger partial charge in [0.15, 0.2) is 5.82 Å². The van der Waals surface area contributed by atoms with Crippen LogP contribution in [-0.4, -0.2) is 14.8 Å². The average Bonchev–Trinajstić information content (AvgIpc) is 2.41. The van der Waals surface area contributed by atoms with Crippen molar-refractivity contribution in [1.29, 1.82) is 0 Å². The summed E-state index contributed by atoms with van der Waals surface area (Å²) < 4.78 is 15.3. The van der Waals surface area contributed by atoms with E-state index in [2.05, 4.69) is 10.1 Å². The number of nitrogens with zero attached hydrogens (tertiary/aromatic N) is 3. The Balaban J connectivity index is 2.63. The van der Waals surface area contributed by atoms with Gasteiger partial charge < -0.3 is 0 Å². The smallest absolute Gasteiger partial charge is 0.171 e. The Hall–Kier alpha value is -1.71. The van der Waals surface area contributed by atoms with Crippen LogP contribution in [0.4, 0.5) is 4.39 Å². The molecule has 0 spiro atoms. The second kappa shape index (κ2) is 3.46. The summed E-state index contributed by atoms with van der Waals surface area (Å²) in [6.45, 7) is 3.54. The van der Waals surface area contributed by atoms with E-state index in [1.165, 1.54) is 0 Å². The van der Waals surface area contributed by atoms with Crippen LogP contribution in [0.5, 0.6) is 0 Å². The molecule has 2 aromatic rings. The maximum atomic E-state index is 13.7. The summed E-state index contributed by atoms with van der Waals surface area (Å²) in [5, 5.41) is 4.04. The lowest BCUT2D eigenvalue weighted by atomic mass is 10.1. The summed E-state index contributed by atoms with van der Waals surface area (Å²) >= 11 is 0. The molecule has 0 atom stereocenters. The van der Waals surface area contributed by atoms with Crippen molar-refractivity contribution in [2.24, 2.45) is 7.05 Å². The van der Waals surface area contributed by atoms with Crippen molar-refractivity contribution >= 4 is 0 Å². The summed E-state index contributed by atoms with van der Waals surface area (Å²) in [7, 11) is 1.74. The van der Waals surface area contributed by atoms with Gasteiger partial charge in [-0.1, -0.05) is 0 Å². The second-order valence-corrected chi connectivity index (χ2v) is 3.56. The molecular weight excluding hydrogens is 193 g/mol. The van der Waals surface area contributed by atoms with E-state index in [0.29, 0.717) is 11.4 Å². The van der Waals surface area contributed by atoms with Crippen molar-refractivity contribution in [2.45, 2.75) is 13.8 Å². The number of aryl methyl sites for hydroxylation is 3. The predicted molar refractivity (Wildman–Crippen MR) is 55.9 cm³/mol. The van der Waals surface area contributed by atoms with E-state index < -0.39 is 0 Å². The normalized spacial score (nSPS) is 10.7. The SMILES string of the molecule is Cc1cc(-c2c(F)c(C)nn2C)ccn1. The minimum atomic E-state index is -0.261. The monoisotopic (exact) mass is 205 g/mol. The lowest BCUT2D eigenvalue weighted by Crippen LogP contribution is -1.95. The highest BCUT2D eigenvalue weighted by atomic mass is 19.1. The minimum absolute atomic E-state index is 0.261. The highest BCUT2D eigenvalue weighted by molar-refractivity contribution is 5.60. The van der Waals surface area contributed by atoms with Crippen LogP contribution in [0.25, 0.3) is 11.3 Å². The van der Waals surface area contributed by atoms with Gasteiger partial charge in [-0.3, -0.25) is 9.67 Å². The number of aromatic nitrogens is 3. The van der Waals surface area contributed by atoms with E-state index in [1.807, 2.05) is 13.0 Å². The standard InChI is InChI=1S/C11H12FN3/c1-7-6-9(4-5-13-7)11-10(12)8(2)14-15(11)3/h4-6H,1-3H3. The van der Waals surface area contributed by atoms with Gasteiger partial charge in [-0.25, -0.2) is 4.39 Å².